The number of nitrogens with one attached hydrogen (secondary N) is 1. The van der Waals surface area contributed by atoms with E-state index in [2.05, 4.69) is 5.32 Å². The molecule has 0 spiro atoms. The van der Waals surface area contributed by atoms with Crippen LogP contribution in [0.4, 0.5) is 8.78 Å². The van der Waals surface area contributed by atoms with Crippen molar-refractivity contribution in [2.45, 2.75) is 19.3 Å². The van der Waals surface area contributed by atoms with E-state index in [9.17, 15) is 8.78 Å². The van der Waals surface area contributed by atoms with E-state index in [0.717, 1.165) is 0 Å². The van der Waals surface area contributed by atoms with E-state index in [1.54, 1.807) is 6.92 Å². The number of halogens is 2. The molecule has 0 saturated carbocycles. The minimum Gasteiger partial charge on any atom is -0.311 e. The van der Waals surface area contributed by atoms with Crippen LogP contribution in [0, 0.1) is 5.92 Å². The minimum atomic E-state index is -2.45. The lowest BCUT2D eigenvalue weighted by molar-refractivity contribution is -0.0226. The predicted octanol–water partition coefficient (Wildman–Crippen LogP) is 1.25. The standard InChI is InChI=1S/C6H11F2N/c1-2-5-3-9-4-6(5,7)8/h5,9H,2-4H2,1H3/t5-/m0/s1. The average Bonchev–Trinajstić information content (AvgIpc) is 2.08. The molecule has 1 heterocycles. The second-order valence-corrected chi connectivity index (χ2v) is 2.50. The lowest BCUT2D eigenvalue weighted by atomic mass is 10.0. The Balaban J connectivity index is 2.52. The average molecular weight is 135 g/mol. The van der Waals surface area contributed by atoms with Gasteiger partial charge in [-0.3, -0.25) is 0 Å². The fraction of sp³-hybridized carbons (Fsp3) is 1.00. The monoisotopic (exact) mass is 135 g/mol. The van der Waals surface area contributed by atoms with Crippen LogP contribution in [-0.4, -0.2) is 19.0 Å². The summed E-state index contributed by atoms with van der Waals surface area (Å²) in [5, 5.41) is 2.66. The van der Waals surface area contributed by atoms with Crippen LogP contribution >= 0.6 is 0 Å². The molecule has 1 aliphatic heterocycles. The molecule has 0 bridgehead atoms. The van der Waals surface area contributed by atoms with Crippen molar-refractivity contribution in [3.63, 3.8) is 0 Å². The molecule has 1 nitrogen and oxygen atoms in total. The highest BCUT2D eigenvalue weighted by Crippen LogP contribution is 2.29. The van der Waals surface area contributed by atoms with Crippen molar-refractivity contribution >= 4 is 0 Å². The summed E-state index contributed by atoms with van der Waals surface area (Å²) in [6.07, 6.45) is 0.569. The van der Waals surface area contributed by atoms with Crippen LogP contribution in [0.15, 0.2) is 0 Å². The Kier molecular flexibility index (Phi) is 1.70. The summed E-state index contributed by atoms with van der Waals surface area (Å²) in [5.74, 6) is -2.88. The summed E-state index contributed by atoms with van der Waals surface area (Å²) in [4.78, 5) is 0. The molecule has 0 aromatic heterocycles. The summed E-state index contributed by atoms with van der Waals surface area (Å²) in [6, 6.07) is 0. The lowest BCUT2D eigenvalue weighted by Crippen LogP contribution is -2.26. The number of hydrogen-bond donors (Lipinski definition) is 1. The van der Waals surface area contributed by atoms with E-state index in [0.29, 0.717) is 13.0 Å². The van der Waals surface area contributed by atoms with Crippen molar-refractivity contribution in [2.24, 2.45) is 5.92 Å². The summed E-state index contributed by atoms with van der Waals surface area (Å²) in [5.41, 5.74) is 0. The van der Waals surface area contributed by atoms with Gasteiger partial charge in [0.15, 0.2) is 0 Å². The summed E-state index contributed by atoms with van der Waals surface area (Å²) in [7, 11) is 0. The van der Waals surface area contributed by atoms with Crippen LogP contribution in [0.5, 0.6) is 0 Å². The maximum Gasteiger partial charge on any atom is 0.264 e. The Morgan fingerprint density at radius 3 is 2.56 bits per heavy atom. The summed E-state index contributed by atoms with van der Waals surface area (Å²) >= 11 is 0. The zero-order chi connectivity index (χ0) is 6.91. The van der Waals surface area contributed by atoms with Crippen LogP contribution < -0.4 is 5.32 Å². The van der Waals surface area contributed by atoms with Crippen LogP contribution in [0.2, 0.25) is 0 Å². The van der Waals surface area contributed by atoms with Gasteiger partial charge in [-0.25, -0.2) is 8.78 Å². The topological polar surface area (TPSA) is 12.0 Å². The largest absolute Gasteiger partial charge is 0.311 e. The molecular formula is C6H11F2N. The van der Waals surface area contributed by atoms with Gasteiger partial charge in [0.2, 0.25) is 0 Å². The van der Waals surface area contributed by atoms with Crippen molar-refractivity contribution in [3.8, 4) is 0 Å². The van der Waals surface area contributed by atoms with E-state index in [4.69, 9.17) is 0 Å². The van der Waals surface area contributed by atoms with Gasteiger partial charge in [0, 0.05) is 12.5 Å². The Labute approximate surface area is 53.4 Å². The first-order valence-corrected chi connectivity index (χ1v) is 3.25. The summed E-state index contributed by atoms with van der Waals surface area (Å²) in [6.45, 7) is 2.14. The third-order valence-corrected chi connectivity index (χ3v) is 1.84. The lowest BCUT2D eigenvalue weighted by Gasteiger charge is -2.14. The molecule has 0 unspecified atom stereocenters. The van der Waals surface area contributed by atoms with Gasteiger partial charge >= 0.3 is 0 Å². The van der Waals surface area contributed by atoms with E-state index in [1.165, 1.54) is 0 Å². The van der Waals surface area contributed by atoms with E-state index in [1.807, 2.05) is 0 Å². The van der Waals surface area contributed by atoms with Crippen molar-refractivity contribution in [2.75, 3.05) is 13.1 Å². The van der Waals surface area contributed by atoms with Gasteiger partial charge in [0.1, 0.15) is 0 Å². The fourth-order valence-electron chi connectivity index (χ4n) is 1.15. The van der Waals surface area contributed by atoms with Gasteiger partial charge in [-0.05, 0) is 6.42 Å². The van der Waals surface area contributed by atoms with Crippen LogP contribution in [0.1, 0.15) is 13.3 Å². The molecule has 0 aromatic rings. The first-order valence-electron chi connectivity index (χ1n) is 3.25. The second kappa shape index (κ2) is 2.21. The number of hydrogen-bond acceptors (Lipinski definition) is 1. The van der Waals surface area contributed by atoms with E-state index < -0.39 is 11.8 Å². The highest BCUT2D eigenvalue weighted by Gasteiger charge is 2.42. The van der Waals surface area contributed by atoms with Crippen LogP contribution in [0.25, 0.3) is 0 Å². The Hall–Kier alpha value is -0.180. The van der Waals surface area contributed by atoms with Crippen molar-refractivity contribution in [1.29, 1.82) is 0 Å². The molecule has 1 fully saturated rings. The van der Waals surface area contributed by atoms with Gasteiger partial charge in [0.25, 0.3) is 5.92 Å². The molecule has 54 valence electrons. The van der Waals surface area contributed by atoms with Gasteiger partial charge in [-0.15, -0.1) is 0 Å². The van der Waals surface area contributed by atoms with E-state index in [-0.39, 0.29) is 6.54 Å². The smallest absolute Gasteiger partial charge is 0.264 e. The molecule has 0 aromatic carbocycles. The normalized spacial score (nSPS) is 33.0. The molecule has 1 saturated heterocycles. The van der Waals surface area contributed by atoms with Gasteiger partial charge in [-0.1, -0.05) is 6.92 Å². The van der Waals surface area contributed by atoms with Gasteiger partial charge in [-0.2, -0.15) is 0 Å². The van der Waals surface area contributed by atoms with Crippen LogP contribution in [-0.2, 0) is 0 Å². The molecule has 3 heteroatoms. The Morgan fingerprint density at radius 2 is 2.33 bits per heavy atom. The predicted molar refractivity (Wildman–Crippen MR) is 31.6 cm³/mol. The molecule has 1 rings (SSSR count). The molecule has 0 aliphatic carbocycles. The first-order chi connectivity index (χ1) is 4.17. The third kappa shape index (κ3) is 1.21. The molecule has 0 radical (unpaired) electrons. The zero-order valence-electron chi connectivity index (χ0n) is 5.45. The SMILES string of the molecule is CC[C@H]1CNCC1(F)F. The maximum absolute atomic E-state index is 12.5. The molecule has 9 heavy (non-hydrogen) atoms. The van der Waals surface area contributed by atoms with Gasteiger partial charge < -0.3 is 5.32 Å². The molecule has 1 aliphatic rings. The summed E-state index contributed by atoms with van der Waals surface area (Å²) < 4.78 is 25.1. The first kappa shape index (κ1) is 6.93. The highest BCUT2D eigenvalue weighted by atomic mass is 19.3. The third-order valence-electron chi connectivity index (χ3n) is 1.84. The highest BCUT2D eigenvalue weighted by molar-refractivity contribution is 4.86. The Morgan fingerprint density at radius 1 is 1.67 bits per heavy atom. The number of rotatable bonds is 1. The minimum absolute atomic E-state index is 0.133. The molecule has 1 atom stereocenters. The molecular weight excluding hydrogens is 124 g/mol. The fourth-order valence-corrected chi connectivity index (χ4v) is 1.15. The van der Waals surface area contributed by atoms with Crippen molar-refractivity contribution in [3.05, 3.63) is 0 Å². The van der Waals surface area contributed by atoms with Crippen molar-refractivity contribution < 1.29 is 8.78 Å². The molecule has 1 N–H and O–H groups in total. The molecule has 0 amide bonds. The number of alkyl halides is 2. The quantitative estimate of drug-likeness (QED) is 0.570. The Bertz CT molecular complexity index is 103. The van der Waals surface area contributed by atoms with E-state index >= 15 is 0 Å². The van der Waals surface area contributed by atoms with Gasteiger partial charge in [0.05, 0.1) is 6.54 Å². The second-order valence-electron chi connectivity index (χ2n) is 2.50. The van der Waals surface area contributed by atoms with Crippen LogP contribution in [0.3, 0.4) is 0 Å². The van der Waals surface area contributed by atoms with Crippen molar-refractivity contribution in [1.82, 2.24) is 5.32 Å². The zero-order valence-corrected chi connectivity index (χ0v) is 5.45. The maximum atomic E-state index is 12.5.